The Morgan fingerprint density at radius 3 is 2.74 bits per heavy atom. The molecule has 0 radical (unpaired) electrons. The van der Waals surface area contributed by atoms with Gasteiger partial charge >= 0.3 is 5.69 Å². The van der Waals surface area contributed by atoms with E-state index in [1.54, 1.807) is 24.4 Å². The van der Waals surface area contributed by atoms with Gasteiger partial charge in [-0.25, -0.2) is 0 Å². The number of ether oxygens (including phenoxy) is 1. The van der Waals surface area contributed by atoms with Crippen LogP contribution in [0.4, 0.5) is 5.69 Å². The number of hydrogen-bond donors (Lipinski definition) is 0. The fourth-order valence-corrected chi connectivity index (χ4v) is 1.59. The summed E-state index contributed by atoms with van der Waals surface area (Å²) in [5.74, 6) is 0.275. The zero-order valence-corrected chi connectivity index (χ0v) is 11.1. The number of hydrogen-bond acceptors (Lipinski definition) is 4. The van der Waals surface area contributed by atoms with Gasteiger partial charge in [-0.15, -0.1) is 12.4 Å². The van der Waals surface area contributed by atoms with Gasteiger partial charge in [0.2, 0.25) is 0 Å². The average Bonchev–Trinajstić information content (AvgIpc) is 2.37. The van der Waals surface area contributed by atoms with Crippen LogP contribution in [0.25, 0.3) is 0 Å². The molecular weight excluding hydrogens is 268 g/mol. The van der Waals surface area contributed by atoms with Crippen molar-refractivity contribution in [2.24, 2.45) is 0 Å². The molecule has 0 spiro atoms. The molecule has 0 aliphatic carbocycles. The molecule has 1 aromatic heterocycles. The Morgan fingerprint density at radius 2 is 2.05 bits per heavy atom. The molecule has 2 rings (SSSR count). The maximum Gasteiger partial charge on any atom is 0.310 e. The molecule has 0 aliphatic rings. The summed E-state index contributed by atoms with van der Waals surface area (Å²) in [4.78, 5) is 14.4. The molecule has 0 N–H and O–H groups in total. The monoisotopic (exact) mass is 280 g/mol. The molecule has 2 aromatic rings. The highest BCUT2D eigenvalue weighted by atomic mass is 35.5. The molecule has 19 heavy (non-hydrogen) atoms. The van der Waals surface area contributed by atoms with Gasteiger partial charge in [-0.2, -0.15) is 0 Å². The Morgan fingerprint density at radius 1 is 1.32 bits per heavy atom. The van der Waals surface area contributed by atoms with Gasteiger partial charge in [-0.05, 0) is 30.7 Å². The lowest BCUT2D eigenvalue weighted by Gasteiger charge is -2.06. The first-order chi connectivity index (χ1) is 8.66. The van der Waals surface area contributed by atoms with Crippen molar-refractivity contribution in [3.05, 3.63) is 64.0 Å². The smallest absolute Gasteiger partial charge is 0.310 e. The molecule has 0 fully saturated rings. The number of para-hydroxylation sites is 2. The number of nitrogens with zero attached hydrogens (tertiary/aromatic N) is 2. The molecule has 6 heteroatoms. The highest BCUT2D eigenvalue weighted by Crippen LogP contribution is 2.26. The van der Waals surface area contributed by atoms with Crippen molar-refractivity contribution in [3.8, 4) is 5.75 Å². The first-order valence-corrected chi connectivity index (χ1v) is 5.44. The van der Waals surface area contributed by atoms with E-state index in [1.807, 2.05) is 19.1 Å². The molecule has 1 heterocycles. The van der Waals surface area contributed by atoms with E-state index in [2.05, 4.69) is 4.98 Å². The van der Waals surface area contributed by atoms with Crippen molar-refractivity contribution in [1.82, 2.24) is 4.98 Å². The van der Waals surface area contributed by atoms with E-state index in [0.717, 1.165) is 11.3 Å². The molecule has 0 amide bonds. The fraction of sp³-hybridized carbons (Fsp3) is 0.154. The summed E-state index contributed by atoms with van der Waals surface area (Å²) < 4.78 is 5.47. The number of aryl methyl sites for hydroxylation is 1. The standard InChI is InChI=1S/C13H12N2O3.ClH/c1-10-8-11(6-7-14-10)9-18-13-5-3-2-4-12(13)15(16)17;/h2-8H,9H2,1H3;1H. The van der Waals surface area contributed by atoms with Crippen LogP contribution in [0.3, 0.4) is 0 Å². The maximum atomic E-state index is 10.8. The summed E-state index contributed by atoms with van der Waals surface area (Å²) >= 11 is 0. The van der Waals surface area contributed by atoms with Crippen molar-refractivity contribution in [3.63, 3.8) is 0 Å². The van der Waals surface area contributed by atoms with Gasteiger partial charge < -0.3 is 4.74 Å². The van der Waals surface area contributed by atoms with Gasteiger partial charge in [-0.1, -0.05) is 12.1 Å². The van der Waals surface area contributed by atoms with Gasteiger partial charge in [-0.3, -0.25) is 15.1 Å². The Labute approximate surface area is 116 Å². The second-order valence-electron chi connectivity index (χ2n) is 3.82. The number of nitro benzene ring substituents is 1. The summed E-state index contributed by atoms with van der Waals surface area (Å²) in [6.07, 6.45) is 1.69. The third-order valence-electron chi connectivity index (χ3n) is 2.42. The van der Waals surface area contributed by atoms with Crippen LogP contribution in [0, 0.1) is 17.0 Å². The van der Waals surface area contributed by atoms with Crippen LogP contribution >= 0.6 is 12.4 Å². The Hall–Kier alpha value is -2.14. The van der Waals surface area contributed by atoms with E-state index in [-0.39, 0.29) is 30.5 Å². The number of aromatic nitrogens is 1. The molecule has 0 aliphatic heterocycles. The van der Waals surface area contributed by atoms with Gasteiger partial charge in [0.1, 0.15) is 6.61 Å². The number of nitro groups is 1. The normalized spacial score (nSPS) is 9.53. The zero-order valence-electron chi connectivity index (χ0n) is 10.3. The van der Waals surface area contributed by atoms with Crippen molar-refractivity contribution in [2.75, 3.05) is 0 Å². The van der Waals surface area contributed by atoms with E-state index in [9.17, 15) is 10.1 Å². The first kappa shape index (κ1) is 14.9. The van der Waals surface area contributed by atoms with Crippen molar-refractivity contribution >= 4 is 18.1 Å². The Balaban J connectivity index is 0.00000180. The summed E-state index contributed by atoms with van der Waals surface area (Å²) in [7, 11) is 0. The van der Waals surface area contributed by atoms with Crippen molar-refractivity contribution in [1.29, 1.82) is 0 Å². The minimum atomic E-state index is -0.451. The van der Waals surface area contributed by atoms with Gasteiger partial charge in [0.05, 0.1) is 4.92 Å². The number of pyridine rings is 1. The predicted octanol–water partition coefficient (Wildman–Crippen LogP) is 3.30. The summed E-state index contributed by atoms with van der Waals surface area (Å²) in [5.41, 5.74) is 1.79. The highest BCUT2D eigenvalue weighted by molar-refractivity contribution is 5.85. The average molecular weight is 281 g/mol. The fourth-order valence-electron chi connectivity index (χ4n) is 1.59. The Bertz CT molecular complexity index is 575. The Kier molecular flexibility index (Phi) is 5.26. The molecule has 0 saturated carbocycles. The van der Waals surface area contributed by atoms with E-state index in [1.165, 1.54) is 6.07 Å². The second-order valence-corrected chi connectivity index (χ2v) is 3.82. The molecule has 1 aromatic carbocycles. The number of benzene rings is 1. The van der Waals surface area contributed by atoms with Gasteiger partial charge in [0.25, 0.3) is 0 Å². The van der Waals surface area contributed by atoms with Gasteiger partial charge in [0.15, 0.2) is 5.75 Å². The lowest BCUT2D eigenvalue weighted by Crippen LogP contribution is -1.99. The van der Waals surface area contributed by atoms with E-state index in [0.29, 0.717) is 0 Å². The maximum absolute atomic E-state index is 10.8. The van der Waals surface area contributed by atoms with Crippen LogP contribution in [-0.4, -0.2) is 9.91 Å². The molecule has 0 saturated heterocycles. The lowest BCUT2D eigenvalue weighted by atomic mass is 10.2. The zero-order chi connectivity index (χ0) is 13.0. The quantitative estimate of drug-likeness (QED) is 0.637. The van der Waals surface area contributed by atoms with Crippen molar-refractivity contribution < 1.29 is 9.66 Å². The van der Waals surface area contributed by atoms with Crippen LogP contribution in [0.15, 0.2) is 42.6 Å². The molecule has 5 nitrogen and oxygen atoms in total. The summed E-state index contributed by atoms with van der Waals surface area (Å²) in [6, 6.07) is 10.0. The van der Waals surface area contributed by atoms with E-state index in [4.69, 9.17) is 4.74 Å². The minimum absolute atomic E-state index is 0. The van der Waals surface area contributed by atoms with Crippen LogP contribution in [0.2, 0.25) is 0 Å². The third-order valence-corrected chi connectivity index (χ3v) is 2.42. The van der Waals surface area contributed by atoms with E-state index >= 15 is 0 Å². The third kappa shape index (κ3) is 3.93. The largest absolute Gasteiger partial charge is 0.482 e. The summed E-state index contributed by atoms with van der Waals surface area (Å²) in [5, 5.41) is 10.8. The lowest BCUT2D eigenvalue weighted by molar-refractivity contribution is -0.385. The number of rotatable bonds is 4. The minimum Gasteiger partial charge on any atom is -0.482 e. The van der Waals surface area contributed by atoms with Crippen LogP contribution in [-0.2, 0) is 6.61 Å². The van der Waals surface area contributed by atoms with E-state index < -0.39 is 4.92 Å². The molecule has 0 atom stereocenters. The summed E-state index contributed by atoms with van der Waals surface area (Å²) in [6.45, 7) is 2.17. The topological polar surface area (TPSA) is 65.3 Å². The number of halogens is 1. The first-order valence-electron chi connectivity index (χ1n) is 5.44. The molecule has 0 bridgehead atoms. The molecule has 100 valence electrons. The molecular formula is C13H13ClN2O3. The van der Waals surface area contributed by atoms with Crippen LogP contribution in [0.5, 0.6) is 5.75 Å². The highest BCUT2D eigenvalue weighted by Gasteiger charge is 2.13. The van der Waals surface area contributed by atoms with Crippen molar-refractivity contribution in [2.45, 2.75) is 13.5 Å². The predicted molar refractivity (Wildman–Crippen MR) is 73.7 cm³/mol. The SMILES string of the molecule is Cc1cc(COc2ccccc2[N+](=O)[O-])ccn1.Cl. The van der Waals surface area contributed by atoms with Crippen LogP contribution < -0.4 is 4.74 Å². The molecule has 0 unspecified atom stereocenters. The second kappa shape index (κ2) is 6.70. The van der Waals surface area contributed by atoms with Gasteiger partial charge in [0, 0.05) is 18.0 Å². The van der Waals surface area contributed by atoms with Crippen LogP contribution in [0.1, 0.15) is 11.3 Å².